The zero-order chi connectivity index (χ0) is 18.9. The monoisotopic (exact) mass is 387 g/mol. The van der Waals surface area contributed by atoms with E-state index in [1.807, 2.05) is 24.3 Å². The van der Waals surface area contributed by atoms with Gasteiger partial charge < -0.3 is 20.6 Å². The van der Waals surface area contributed by atoms with Crippen molar-refractivity contribution in [3.8, 4) is 17.2 Å². The average molecular weight is 388 g/mol. The van der Waals surface area contributed by atoms with Gasteiger partial charge in [-0.1, -0.05) is 24.3 Å². The number of hydrogen-bond acceptors (Lipinski definition) is 4. The van der Waals surface area contributed by atoms with Crippen molar-refractivity contribution in [3.63, 3.8) is 0 Å². The lowest BCUT2D eigenvalue weighted by atomic mass is 9.86. The molecule has 0 aliphatic carbocycles. The minimum Gasteiger partial charge on any atom is -0.508 e. The summed E-state index contributed by atoms with van der Waals surface area (Å²) in [6.45, 7) is 6.89. The quantitative estimate of drug-likeness (QED) is 0.514. The van der Waals surface area contributed by atoms with Crippen molar-refractivity contribution in [1.29, 1.82) is 0 Å². The van der Waals surface area contributed by atoms with Crippen LogP contribution in [0.5, 0.6) is 17.2 Å². The third-order valence-corrected chi connectivity index (χ3v) is 4.50. The topological polar surface area (TPSA) is 72.7 Å². The summed E-state index contributed by atoms with van der Waals surface area (Å²) in [5.74, 6) is 0.422. The Hall–Kier alpha value is -2.43. The van der Waals surface area contributed by atoms with Crippen LogP contribution < -0.4 is 5.32 Å². The number of benzene rings is 3. The van der Waals surface area contributed by atoms with Gasteiger partial charge in [-0.15, -0.1) is 12.4 Å². The first kappa shape index (κ1) is 20.9. The highest BCUT2D eigenvalue weighted by molar-refractivity contribution is 5.90. The zero-order valence-corrected chi connectivity index (χ0v) is 16.5. The fraction of sp³-hybridized carbons (Fsp3) is 0.273. The van der Waals surface area contributed by atoms with Gasteiger partial charge in [-0.2, -0.15) is 0 Å². The molecule has 0 aromatic heterocycles. The highest BCUT2D eigenvalue weighted by atomic mass is 35.5. The van der Waals surface area contributed by atoms with Crippen molar-refractivity contribution in [2.24, 2.45) is 0 Å². The molecule has 0 aliphatic rings. The van der Waals surface area contributed by atoms with Crippen molar-refractivity contribution < 1.29 is 15.3 Å². The van der Waals surface area contributed by atoms with E-state index in [1.165, 1.54) is 0 Å². The molecule has 0 saturated heterocycles. The van der Waals surface area contributed by atoms with Crippen LogP contribution in [0.1, 0.15) is 37.8 Å². The Morgan fingerprint density at radius 2 is 1.44 bits per heavy atom. The van der Waals surface area contributed by atoms with Gasteiger partial charge in [0, 0.05) is 23.6 Å². The Bertz CT molecular complexity index is 912. The van der Waals surface area contributed by atoms with Gasteiger partial charge in [-0.3, -0.25) is 0 Å². The van der Waals surface area contributed by atoms with Crippen LogP contribution in [0.25, 0.3) is 10.8 Å². The summed E-state index contributed by atoms with van der Waals surface area (Å²) in [6.07, 6.45) is 0. The Kier molecular flexibility index (Phi) is 6.24. The molecule has 4 nitrogen and oxygen atoms in total. The van der Waals surface area contributed by atoms with Gasteiger partial charge in [-0.05, 0) is 67.4 Å². The van der Waals surface area contributed by atoms with Crippen molar-refractivity contribution in [2.45, 2.75) is 32.2 Å². The minimum absolute atomic E-state index is 0. The lowest BCUT2D eigenvalue weighted by Crippen LogP contribution is -2.38. The third kappa shape index (κ3) is 4.85. The smallest absolute Gasteiger partial charge is 0.120 e. The van der Waals surface area contributed by atoms with Crippen molar-refractivity contribution in [1.82, 2.24) is 5.32 Å². The molecule has 1 atom stereocenters. The molecule has 0 fully saturated rings. The standard InChI is InChI=1S/C22H25NO3.ClH/c1-22(2,3)23-13-19(15-4-8-16(24)9-5-15)21-18-12-17(25)10-6-14(18)7-11-20(21)26;/h4-12,19,23-26H,13H2,1-3H3;1H. The fourth-order valence-corrected chi connectivity index (χ4v) is 3.19. The molecule has 144 valence electrons. The first-order chi connectivity index (χ1) is 12.2. The molecule has 3 rings (SSSR count). The molecule has 0 heterocycles. The molecule has 3 aromatic carbocycles. The van der Waals surface area contributed by atoms with Crippen LogP contribution in [-0.2, 0) is 0 Å². The summed E-state index contributed by atoms with van der Waals surface area (Å²) in [6, 6.07) is 15.8. The van der Waals surface area contributed by atoms with Crippen LogP contribution in [0.15, 0.2) is 54.6 Å². The molecule has 1 unspecified atom stereocenters. The van der Waals surface area contributed by atoms with E-state index >= 15 is 0 Å². The van der Waals surface area contributed by atoms with E-state index in [1.54, 1.807) is 30.3 Å². The molecular weight excluding hydrogens is 362 g/mol. The first-order valence-corrected chi connectivity index (χ1v) is 8.73. The second kappa shape index (κ2) is 8.07. The maximum atomic E-state index is 10.7. The largest absolute Gasteiger partial charge is 0.508 e. The van der Waals surface area contributed by atoms with Gasteiger partial charge in [0.2, 0.25) is 0 Å². The van der Waals surface area contributed by atoms with E-state index < -0.39 is 0 Å². The summed E-state index contributed by atoms with van der Waals surface area (Å²) in [7, 11) is 0. The zero-order valence-electron chi connectivity index (χ0n) is 15.7. The molecule has 0 spiro atoms. The van der Waals surface area contributed by atoms with E-state index in [0.29, 0.717) is 6.54 Å². The van der Waals surface area contributed by atoms with Gasteiger partial charge in [0.25, 0.3) is 0 Å². The molecule has 5 heteroatoms. The van der Waals surface area contributed by atoms with Crippen LogP contribution in [0.2, 0.25) is 0 Å². The molecule has 0 saturated carbocycles. The second-order valence-corrected chi connectivity index (χ2v) is 7.68. The molecule has 4 N–H and O–H groups in total. The highest BCUT2D eigenvalue weighted by Gasteiger charge is 2.23. The predicted octanol–water partition coefficient (Wildman–Crippen LogP) is 4.90. The Balaban J connectivity index is 0.00000261. The van der Waals surface area contributed by atoms with Crippen molar-refractivity contribution >= 4 is 23.2 Å². The van der Waals surface area contributed by atoms with Crippen LogP contribution in [0, 0.1) is 0 Å². The predicted molar refractivity (Wildman–Crippen MR) is 112 cm³/mol. The van der Waals surface area contributed by atoms with Crippen LogP contribution in [0.3, 0.4) is 0 Å². The van der Waals surface area contributed by atoms with Crippen molar-refractivity contribution in [3.05, 3.63) is 65.7 Å². The Labute approximate surface area is 165 Å². The van der Waals surface area contributed by atoms with Crippen LogP contribution in [0.4, 0.5) is 0 Å². The number of aromatic hydroxyl groups is 3. The normalized spacial score (nSPS) is 12.6. The highest BCUT2D eigenvalue weighted by Crippen LogP contribution is 2.38. The average Bonchev–Trinajstić information content (AvgIpc) is 2.57. The van der Waals surface area contributed by atoms with E-state index in [-0.39, 0.29) is 41.1 Å². The van der Waals surface area contributed by atoms with E-state index in [4.69, 9.17) is 0 Å². The van der Waals surface area contributed by atoms with Gasteiger partial charge in [0.1, 0.15) is 17.2 Å². The Morgan fingerprint density at radius 3 is 2.07 bits per heavy atom. The van der Waals surface area contributed by atoms with E-state index in [9.17, 15) is 15.3 Å². The van der Waals surface area contributed by atoms with Crippen LogP contribution in [-0.4, -0.2) is 27.4 Å². The van der Waals surface area contributed by atoms with E-state index in [0.717, 1.165) is 21.9 Å². The number of hydrogen-bond donors (Lipinski definition) is 4. The summed E-state index contributed by atoms with van der Waals surface area (Å²) in [4.78, 5) is 0. The minimum atomic E-state index is -0.139. The number of phenolic OH excluding ortho intramolecular Hbond substituents is 3. The molecule has 0 radical (unpaired) electrons. The lowest BCUT2D eigenvalue weighted by molar-refractivity contribution is 0.411. The number of nitrogens with one attached hydrogen (secondary N) is 1. The van der Waals surface area contributed by atoms with Crippen molar-refractivity contribution in [2.75, 3.05) is 6.54 Å². The lowest BCUT2D eigenvalue weighted by Gasteiger charge is -2.27. The summed E-state index contributed by atoms with van der Waals surface area (Å²) >= 11 is 0. The van der Waals surface area contributed by atoms with Gasteiger partial charge in [0.15, 0.2) is 0 Å². The second-order valence-electron chi connectivity index (χ2n) is 7.68. The maximum absolute atomic E-state index is 10.7. The fourth-order valence-electron chi connectivity index (χ4n) is 3.19. The van der Waals surface area contributed by atoms with E-state index in [2.05, 4.69) is 26.1 Å². The third-order valence-electron chi connectivity index (χ3n) is 4.50. The molecule has 0 amide bonds. The van der Waals surface area contributed by atoms with Gasteiger partial charge >= 0.3 is 0 Å². The number of phenols is 3. The molecule has 3 aromatic rings. The maximum Gasteiger partial charge on any atom is 0.120 e. The van der Waals surface area contributed by atoms with Crippen LogP contribution >= 0.6 is 12.4 Å². The molecular formula is C22H26ClNO3. The summed E-state index contributed by atoms with van der Waals surface area (Å²) in [5.41, 5.74) is 1.66. The number of rotatable bonds is 4. The van der Waals surface area contributed by atoms with Gasteiger partial charge in [-0.25, -0.2) is 0 Å². The molecule has 27 heavy (non-hydrogen) atoms. The first-order valence-electron chi connectivity index (χ1n) is 8.73. The van der Waals surface area contributed by atoms with Gasteiger partial charge in [0.05, 0.1) is 0 Å². The Morgan fingerprint density at radius 1 is 0.852 bits per heavy atom. The summed E-state index contributed by atoms with van der Waals surface area (Å²) in [5, 5.41) is 35.5. The SMILES string of the molecule is CC(C)(C)NCC(c1ccc(O)cc1)c1c(O)ccc2ccc(O)cc12.Cl. The molecule has 0 bridgehead atoms. The number of halogens is 1. The summed E-state index contributed by atoms with van der Waals surface area (Å²) < 4.78 is 0. The number of fused-ring (bicyclic) bond motifs is 1. The molecule has 0 aliphatic heterocycles.